The average Bonchev–Trinajstić information content (AvgIpc) is 2.16. The van der Waals surface area contributed by atoms with Crippen LogP contribution in [0.2, 0.25) is 0 Å². The maximum absolute atomic E-state index is 10.3. The SMILES string of the molecule is C=C(C)c1ccc(N=O)c(C=N)c1. The Morgan fingerprint density at radius 2 is 2.31 bits per heavy atom. The molecule has 0 fully saturated rings. The zero-order valence-corrected chi connectivity index (χ0v) is 7.37. The highest BCUT2D eigenvalue weighted by Gasteiger charge is 2.01. The monoisotopic (exact) mass is 174 g/mol. The van der Waals surface area contributed by atoms with Crippen molar-refractivity contribution in [3.05, 3.63) is 40.8 Å². The summed E-state index contributed by atoms with van der Waals surface area (Å²) in [5.41, 5.74) is 2.64. The Morgan fingerprint density at radius 3 is 2.77 bits per heavy atom. The number of benzene rings is 1. The summed E-state index contributed by atoms with van der Waals surface area (Å²) in [6.45, 7) is 5.64. The van der Waals surface area contributed by atoms with Crippen molar-refractivity contribution in [2.75, 3.05) is 0 Å². The smallest absolute Gasteiger partial charge is 0.116 e. The molecule has 1 aromatic carbocycles. The normalized spacial score (nSPS) is 9.31. The van der Waals surface area contributed by atoms with Crippen molar-refractivity contribution in [3.8, 4) is 0 Å². The lowest BCUT2D eigenvalue weighted by Gasteiger charge is -2.01. The molecule has 0 heterocycles. The van der Waals surface area contributed by atoms with Crippen molar-refractivity contribution in [1.29, 1.82) is 5.41 Å². The van der Waals surface area contributed by atoms with E-state index in [-0.39, 0.29) is 0 Å². The summed E-state index contributed by atoms with van der Waals surface area (Å²) in [7, 11) is 0. The molecule has 0 bridgehead atoms. The van der Waals surface area contributed by atoms with Gasteiger partial charge < -0.3 is 5.41 Å². The quantitative estimate of drug-likeness (QED) is 0.555. The van der Waals surface area contributed by atoms with Gasteiger partial charge >= 0.3 is 0 Å². The van der Waals surface area contributed by atoms with Crippen molar-refractivity contribution in [1.82, 2.24) is 0 Å². The lowest BCUT2D eigenvalue weighted by atomic mass is 10.0. The third kappa shape index (κ3) is 1.87. The molecule has 0 amide bonds. The Balaban J connectivity index is 3.28. The zero-order valence-electron chi connectivity index (χ0n) is 7.37. The second-order valence-electron chi connectivity index (χ2n) is 2.79. The van der Waals surface area contributed by atoms with Crippen LogP contribution in [-0.4, -0.2) is 6.21 Å². The number of rotatable bonds is 3. The molecular formula is C10H10N2O. The molecule has 13 heavy (non-hydrogen) atoms. The fraction of sp³-hybridized carbons (Fsp3) is 0.100. The average molecular weight is 174 g/mol. The highest BCUT2D eigenvalue weighted by molar-refractivity contribution is 5.86. The van der Waals surface area contributed by atoms with Crippen LogP contribution in [0, 0.1) is 10.3 Å². The summed E-state index contributed by atoms with van der Waals surface area (Å²) < 4.78 is 0. The fourth-order valence-corrected chi connectivity index (χ4v) is 1.02. The summed E-state index contributed by atoms with van der Waals surface area (Å²) in [5, 5.41) is 9.88. The van der Waals surface area contributed by atoms with Gasteiger partial charge in [0.25, 0.3) is 0 Å². The third-order valence-electron chi connectivity index (χ3n) is 1.77. The Morgan fingerprint density at radius 1 is 1.62 bits per heavy atom. The summed E-state index contributed by atoms with van der Waals surface area (Å²) in [6.07, 6.45) is 1.11. The van der Waals surface area contributed by atoms with Crippen LogP contribution in [0.5, 0.6) is 0 Å². The summed E-state index contributed by atoms with van der Waals surface area (Å²) in [5.74, 6) is 0. The van der Waals surface area contributed by atoms with E-state index in [4.69, 9.17) is 5.41 Å². The number of nitrogens with one attached hydrogen (secondary N) is 1. The van der Waals surface area contributed by atoms with Crippen LogP contribution in [0.15, 0.2) is 30.0 Å². The van der Waals surface area contributed by atoms with Crippen LogP contribution >= 0.6 is 0 Å². The van der Waals surface area contributed by atoms with E-state index in [9.17, 15) is 4.91 Å². The first kappa shape index (κ1) is 9.32. The van der Waals surface area contributed by atoms with Crippen molar-refractivity contribution >= 4 is 17.5 Å². The molecule has 0 unspecified atom stereocenters. The molecule has 3 heteroatoms. The van der Waals surface area contributed by atoms with E-state index >= 15 is 0 Å². The molecule has 1 rings (SSSR count). The molecule has 3 nitrogen and oxygen atoms in total. The van der Waals surface area contributed by atoms with Crippen LogP contribution in [0.4, 0.5) is 5.69 Å². The van der Waals surface area contributed by atoms with Crippen LogP contribution in [0.25, 0.3) is 5.57 Å². The van der Waals surface area contributed by atoms with Crippen molar-refractivity contribution < 1.29 is 0 Å². The first-order chi connectivity index (χ1) is 6.19. The predicted octanol–water partition coefficient (Wildman–Crippen LogP) is 3.12. The molecule has 66 valence electrons. The molecule has 0 aliphatic rings. The molecule has 0 aliphatic carbocycles. The Hall–Kier alpha value is -1.77. The van der Waals surface area contributed by atoms with Gasteiger partial charge in [0, 0.05) is 11.8 Å². The van der Waals surface area contributed by atoms with Crippen LogP contribution in [-0.2, 0) is 0 Å². The highest BCUT2D eigenvalue weighted by Crippen LogP contribution is 2.21. The Labute approximate surface area is 76.6 Å². The van der Waals surface area contributed by atoms with Gasteiger partial charge in [0.15, 0.2) is 0 Å². The highest BCUT2D eigenvalue weighted by atomic mass is 16.3. The van der Waals surface area contributed by atoms with Crippen LogP contribution < -0.4 is 0 Å². The van der Waals surface area contributed by atoms with Crippen LogP contribution in [0.3, 0.4) is 0 Å². The van der Waals surface area contributed by atoms with E-state index < -0.39 is 0 Å². The van der Waals surface area contributed by atoms with E-state index in [0.717, 1.165) is 17.4 Å². The van der Waals surface area contributed by atoms with E-state index in [1.807, 2.05) is 6.92 Å². The first-order valence-electron chi connectivity index (χ1n) is 3.83. The summed E-state index contributed by atoms with van der Waals surface area (Å²) >= 11 is 0. The Kier molecular flexibility index (Phi) is 2.69. The molecule has 1 aromatic rings. The lowest BCUT2D eigenvalue weighted by molar-refractivity contribution is 1.44. The van der Waals surface area contributed by atoms with Crippen LogP contribution in [0.1, 0.15) is 18.1 Å². The summed E-state index contributed by atoms with van der Waals surface area (Å²) in [4.78, 5) is 10.3. The number of nitroso groups, excluding NO2 is 1. The minimum Gasteiger partial charge on any atom is -0.308 e. The topological polar surface area (TPSA) is 53.3 Å². The minimum absolute atomic E-state index is 0.292. The molecule has 1 N–H and O–H groups in total. The minimum atomic E-state index is 0.292. The molecule has 0 saturated carbocycles. The number of nitrogens with zero attached hydrogens (tertiary/aromatic N) is 1. The van der Waals surface area contributed by atoms with E-state index in [1.54, 1.807) is 18.2 Å². The standard InChI is InChI=1S/C10H10N2O/c1-7(2)8-3-4-10(12-13)9(5-8)6-11/h3-6,11H,1H2,2H3. The third-order valence-corrected chi connectivity index (χ3v) is 1.77. The van der Waals surface area contributed by atoms with Gasteiger partial charge in [-0.05, 0) is 29.8 Å². The zero-order chi connectivity index (χ0) is 9.84. The lowest BCUT2D eigenvalue weighted by Crippen LogP contribution is -1.84. The van der Waals surface area contributed by atoms with E-state index in [0.29, 0.717) is 11.3 Å². The van der Waals surface area contributed by atoms with Crippen molar-refractivity contribution in [2.45, 2.75) is 6.92 Å². The van der Waals surface area contributed by atoms with Gasteiger partial charge in [-0.15, -0.1) is 4.91 Å². The number of allylic oxidation sites excluding steroid dienone is 1. The van der Waals surface area contributed by atoms with Crippen molar-refractivity contribution in [3.63, 3.8) is 0 Å². The second-order valence-corrected chi connectivity index (χ2v) is 2.79. The maximum atomic E-state index is 10.3. The molecule has 0 aromatic heterocycles. The maximum Gasteiger partial charge on any atom is 0.116 e. The van der Waals surface area contributed by atoms with E-state index in [1.165, 1.54) is 0 Å². The molecule has 0 spiro atoms. The molecule has 0 saturated heterocycles. The molecule has 0 aliphatic heterocycles. The van der Waals surface area contributed by atoms with Gasteiger partial charge in [-0.25, -0.2) is 0 Å². The van der Waals surface area contributed by atoms with Gasteiger partial charge in [-0.1, -0.05) is 18.2 Å². The van der Waals surface area contributed by atoms with Gasteiger partial charge in [0.2, 0.25) is 0 Å². The van der Waals surface area contributed by atoms with E-state index in [2.05, 4.69) is 11.8 Å². The fourth-order valence-electron chi connectivity index (χ4n) is 1.02. The summed E-state index contributed by atoms with van der Waals surface area (Å²) in [6, 6.07) is 5.09. The predicted molar refractivity (Wildman–Crippen MR) is 54.5 cm³/mol. The molecular weight excluding hydrogens is 164 g/mol. The molecule has 0 atom stereocenters. The van der Waals surface area contributed by atoms with Gasteiger partial charge in [-0.3, -0.25) is 0 Å². The number of hydrogen-bond donors (Lipinski definition) is 1. The second kappa shape index (κ2) is 3.76. The largest absolute Gasteiger partial charge is 0.308 e. The van der Waals surface area contributed by atoms with Gasteiger partial charge in [0.1, 0.15) is 5.69 Å². The van der Waals surface area contributed by atoms with Gasteiger partial charge in [0.05, 0.1) is 0 Å². The van der Waals surface area contributed by atoms with Crippen molar-refractivity contribution in [2.24, 2.45) is 5.18 Å². The molecule has 0 radical (unpaired) electrons. The Bertz CT molecular complexity index is 369. The first-order valence-corrected chi connectivity index (χ1v) is 3.83. The van der Waals surface area contributed by atoms with Gasteiger partial charge in [-0.2, -0.15) is 0 Å². The number of hydrogen-bond acceptors (Lipinski definition) is 3.